The number of aliphatic hydroxyl groups excluding tert-OH is 1. The predicted octanol–water partition coefficient (Wildman–Crippen LogP) is 1.81. The van der Waals surface area contributed by atoms with E-state index in [1.807, 2.05) is 18.2 Å². The lowest BCUT2D eigenvalue weighted by Crippen LogP contribution is -2.52. The number of nitrogens with zero attached hydrogens (tertiary/aromatic N) is 1. The molecular formula is C14H18INO3. The second-order valence-electron chi connectivity index (χ2n) is 5.18. The third kappa shape index (κ3) is 2.74. The fraction of sp³-hybridized carbons (Fsp3) is 0.571. The van der Waals surface area contributed by atoms with Crippen molar-refractivity contribution in [2.75, 3.05) is 26.3 Å². The van der Waals surface area contributed by atoms with Crippen molar-refractivity contribution in [3.05, 3.63) is 27.3 Å². The van der Waals surface area contributed by atoms with Crippen LogP contribution in [0, 0.1) is 3.57 Å². The maximum Gasteiger partial charge on any atom is 0.126 e. The number of hydrogen-bond donors (Lipinski definition) is 1. The van der Waals surface area contributed by atoms with Gasteiger partial charge in [0.25, 0.3) is 0 Å². The van der Waals surface area contributed by atoms with Crippen molar-refractivity contribution in [3.63, 3.8) is 0 Å². The van der Waals surface area contributed by atoms with Crippen molar-refractivity contribution in [2.45, 2.75) is 25.2 Å². The molecule has 5 heteroatoms. The van der Waals surface area contributed by atoms with Crippen molar-refractivity contribution in [1.29, 1.82) is 0 Å². The monoisotopic (exact) mass is 375 g/mol. The first-order chi connectivity index (χ1) is 9.15. The van der Waals surface area contributed by atoms with Crippen LogP contribution in [0.25, 0.3) is 0 Å². The highest BCUT2D eigenvalue weighted by atomic mass is 127. The third-order valence-electron chi connectivity index (χ3n) is 3.81. The molecule has 0 radical (unpaired) electrons. The van der Waals surface area contributed by atoms with Gasteiger partial charge in [0, 0.05) is 22.2 Å². The number of aliphatic hydroxyl groups is 1. The molecular weight excluding hydrogens is 357 g/mol. The fourth-order valence-corrected chi connectivity index (χ4v) is 3.27. The zero-order valence-corrected chi connectivity index (χ0v) is 13.0. The van der Waals surface area contributed by atoms with Crippen LogP contribution in [-0.2, 0) is 4.74 Å². The summed E-state index contributed by atoms with van der Waals surface area (Å²) in [5.74, 6) is 0.817. The minimum atomic E-state index is -0.481. The van der Waals surface area contributed by atoms with E-state index in [0.717, 1.165) is 34.6 Å². The highest BCUT2D eigenvalue weighted by Crippen LogP contribution is 2.35. The lowest BCUT2D eigenvalue weighted by atomic mass is 9.97. The molecule has 3 rings (SSSR count). The molecule has 2 heterocycles. The van der Waals surface area contributed by atoms with Crippen molar-refractivity contribution in [3.8, 4) is 5.75 Å². The Bertz CT molecular complexity index is 468. The van der Waals surface area contributed by atoms with Gasteiger partial charge < -0.3 is 14.6 Å². The summed E-state index contributed by atoms with van der Waals surface area (Å²) in [6.07, 6.45) is -0.259. The van der Waals surface area contributed by atoms with Gasteiger partial charge >= 0.3 is 0 Å². The molecule has 2 aliphatic heterocycles. The molecule has 104 valence electrons. The summed E-state index contributed by atoms with van der Waals surface area (Å²) < 4.78 is 12.5. The quantitative estimate of drug-likeness (QED) is 0.761. The summed E-state index contributed by atoms with van der Waals surface area (Å²) in [6, 6.07) is 5.99. The van der Waals surface area contributed by atoms with Gasteiger partial charge in [0.2, 0.25) is 0 Å². The number of ether oxygens (including phenoxy) is 2. The van der Waals surface area contributed by atoms with Gasteiger partial charge in [-0.15, -0.1) is 0 Å². The van der Waals surface area contributed by atoms with Gasteiger partial charge in [0.15, 0.2) is 0 Å². The van der Waals surface area contributed by atoms with Crippen LogP contribution < -0.4 is 4.74 Å². The Balaban J connectivity index is 1.81. The highest BCUT2D eigenvalue weighted by Gasteiger charge is 2.35. The Morgan fingerprint density at radius 3 is 3.05 bits per heavy atom. The second kappa shape index (κ2) is 5.55. The molecule has 3 atom stereocenters. The van der Waals surface area contributed by atoms with Crippen LogP contribution in [0.1, 0.15) is 18.6 Å². The Labute approximate surface area is 126 Å². The molecule has 1 aromatic carbocycles. The van der Waals surface area contributed by atoms with Crippen molar-refractivity contribution in [1.82, 2.24) is 4.90 Å². The molecule has 19 heavy (non-hydrogen) atoms. The van der Waals surface area contributed by atoms with Crippen LogP contribution in [0.3, 0.4) is 0 Å². The average Bonchev–Trinajstić information content (AvgIpc) is 2.39. The molecule has 1 aromatic rings. The standard InChI is InChI=1S/C14H18INO3/c1-9-7-16(4-5-18-9)12-8-19-13-6-10(15)2-3-11(13)14(12)17/h2-3,6,9,12,14,17H,4-5,7-8H2,1H3/t9-,12+,14+/m1/s1. The zero-order chi connectivity index (χ0) is 13.4. The minimum Gasteiger partial charge on any atom is -0.491 e. The number of benzene rings is 1. The molecule has 1 fully saturated rings. The van der Waals surface area contributed by atoms with E-state index in [1.54, 1.807) is 0 Å². The summed E-state index contributed by atoms with van der Waals surface area (Å²) >= 11 is 2.26. The molecule has 0 amide bonds. The average molecular weight is 375 g/mol. The Morgan fingerprint density at radius 2 is 2.26 bits per heavy atom. The number of fused-ring (bicyclic) bond motifs is 1. The fourth-order valence-electron chi connectivity index (χ4n) is 2.80. The molecule has 0 saturated carbocycles. The summed E-state index contributed by atoms with van der Waals surface area (Å²) in [6.45, 7) is 5.04. The lowest BCUT2D eigenvalue weighted by molar-refractivity contribution is -0.0735. The molecule has 0 unspecified atom stereocenters. The Hall–Kier alpha value is -0.370. The zero-order valence-electron chi connectivity index (χ0n) is 10.9. The topological polar surface area (TPSA) is 41.9 Å². The smallest absolute Gasteiger partial charge is 0.126 e. The van der Waals surface area contributed by atoms with E-state index in [9.17, 15) is 5.11 Å². The maximum atomic E-state index is 10.6. The van der Waals surface area contributed by atoms with Crippen molar-refractivity contribution in [2.24, 2.45) is 0 Å². The van der Waals surface area contributed by atoms with Gasteiger partial charge in [-0.2, -0.15) is 0 Å². The van der Waals surface area contributed by atoms with E-state index in [4.69, 9.17) is 9.47 Å². The second-order valence-corrected chi connectivity index (χ2v) is 6.43. The van der Waals surface area contributed by atoms with Crippen molar-refractivity contribution >= 4 is 22.6 Å². The van der Waals surface area contributed by atoms with Crippen LogP contribution in [0.4, 0.5) is 0 Å². The highest BCUT2D eigenvalue weighted by molar-refractivity contribution is 14.1. The molecule has 0 spiro atoms. The van der Waals surface area contributed by atoms with Crippen LogP contribution in [-0.4, -0.2) is 48.5 Å². The van der Waals surface area contributed by atoms with E-state index in [1.165, 1.54) is 0 Å². The molecule has 1 N–H and O–H groups in total. The van der Waals surface area contributed by atoms with Gasteiger partial charge in [-0.25, -0.2) is 0 Å². The van der Waals surface area contributed by atoms with E-state index in [-0.39, 0.29) is 12.1 Å². The van der Waals surface area contributed by atoms with Gasteiger partial charge in [-0.1, -0.05) is 6.07 Å². The number of hydrogen-bond acceptors (Lipinski definition) is 4. The summed E-state index contributed by atoms with van der Waals surface area (Å²) in [7, 11) is 0. The largest absolute Gasteiger partial charge is 0.491 e. The maximum absolute atomic E-state index is 10.6. The van der Waals surface area contributed by atoms with E-state index in [0.29, 0.717) is 6.61 Å². The summed E-state index contributed by atoms with van der Waals surface area (Å²) in [5.41, 5.74) is 0.899. The van der Waals surface area contributed by atoms with Gasteiger partial charge in [0.05, 0.1) is 18.8 Å². The van der Waals surface area contributed by atoms with E-state index >= 15 is 0 Å². The summed E-state index contributed by atoms with van der Waals surface area (Å²) in [4.78, 5) is 2.28. The minimum absolute atomic E-state index is 0.0268. The molecule has 0 bridgehead atoms. The number of rotatable bonds is 1. The molecule has 0 aliphatic carbocycles. The predicted molar refractivity (Wildman–Crippen MR) is 80.4 cm³/mol. The Kier molecular flexibility index (Phi) is 3.98. The summed E-state index contributed by atoms with van der Waals surface area (Å²) in [5, 5.41) is 10.6. The van der Waals surface area contributed by atoms with Gasteiger partial charge in [-0.05, 0) is 41.6 Å². The molecule has 1 saturated heterocycles. The van der Waals surface area contributed by atoms with Crippen molar-refractivity contribution < 1.29 is 14.6 Å². The van der Waals surface area contributed by atoms with Gasteiger partial charge in [-0.3, -0.25) is 4.90 Å². The van der Waals surface area contributed by atoms with E-state index in [2.05, 4.69) is 34.4 Å². The first-order valence-corrected chi connectivity index (χ1v) is 7.69. The number of halogens is 1. The molecule has 2 aliphatic rings. The molecule has 0 aromatic heterocycles. The van der Waals surface area contributed by atoms with Crippen LogP contribution in [0.2, 0.25) is 0 Å². The van der Waals surface area contributed by atoms with Crippen LogP contribution >= 0.6 is 22.6 Å². The first-order valence-electron chi connectivity index (χ1n) is 6.61. The third-order valence-corrected chi connectivity index (χ3v) is 4.48. The number of morpholine rings is 1. The normalized spacial score (nSPS) is 31.6. The molecule has 4 nitrogen and oxygen atoms in total. The SMILES string of the molecule is C[C@@H]1CN([C@H]2COc3cc(I)ccc3[C@@H]2O)CCO1. The van der Waals surface area contributed by atoms with Crippen LogP contribution in [0.15, 0.2) is 18.2 Å². The lowest BCUT2D eigenvalue weighted by Gasteiger charge is -2.41. The Morgan fingerprint density at radius 1 is 1.42 bits per heavy atom. The van der Waals surface area contributed by atoms with E-state index < -0.39 is 6.10 Å². The van der Waals surface area contributed by atoms with Crippen LogP contribution in [0.5, 0.6) is 5.75 Å². The van der Waals surface area contributed by atoms with Gasteiger partial charge in [0.1, 0.15) is 18.5 Å². The first kappa shape index (κ1) is 13.6.